The van der Waals surface area contributed by atoms with Gasteiger partial charge in [0.05, 0.1) is 0 Å². The number of benzene rings is 2. The van der Waals surface area contributed by atoms with Gasteiger partial charge in [0.2, 0.25) is 5.91 Å². The van der Waals surface area contributed by atoms with Crippen LogP contribution < -0.4 is 5.32 Å². The Morgan fingerprint density at radius 3 is 2.57 bits per heavy atom. The van der Waals surface area contributed by atoms with Crippen LogP contribution in [-0.2, 0) is 17.9 Å². The summed E-state index contributed by atoms with van der Waals surface area (Å²) in [5.74, 6) is -0.299. The number of aromatic nitrogens is 1. The lowest BCUT2D eigenvalue weighted by molar-refractivity contribution is -0.125. The normalized spacial score (nSPS) is 15.4. The highest BCUT2D eigenvalue weighted by Gasteiger charge is 2.40. The summed E-state index contributed by atoms with van der Waals surface area (Å²) >= 11 is 0. The van der Waals surface area contributed by atoms with E-state index < -0.39 is 6.04 Å². The lowest BCUT2D eigenvalue weighted by Gasteiger charge is -2.25. The average molecular weight is 371 g/mol. The maximum atomic E-state index is 13.1. The van der Waals surface area contributed by atoms with Gasteiger partial charge in [-0.05, 0) is 35.7 Å². The number of carbonyl (C=O) groups excluding carboxylic acids is 2. The Bertz CT molecular complexity index is 1000. The van der Waals surface area contributed by atoms with Crippen LogP contribution in [0.25, 0.3) is 0 Å². The van der Waals surface area contributed by atoms with Crippen LogP contribution in [0.5, 0.6) is 0 Å². The van der Waals surface area contributed by atoms with E-state index in [9.17, 15) is 9.59 Å². The first-order valence-corrected chi connectivity index (χ1v) is 9.25. The van der Waals surface area contributed by atoms with Crippen molar-refractivity contribution in [3.8, 4) is 0 Å². The molecule has 0 aliphatic carbocycles. The molecule has 0 fully saturated rings. The van der Waals surface area contributed by atoms with Gasteiger partial charge in [0, 0.05) is 31.0 Å². The molecule has 1 atom stereocenters. The molecule has 4 rings (SSSR count). The third-order valence-corrected chi connectivity index (χ3v) is 4.97. The molecule has 2 amide bonds. The molecular weight excluding hydrogens is 350 g/mol. The number of fused-ring (bicyclic) bond motifs is 1. The summed E-state index contributed by atoms with van der Waals surface area (Å²) in [6, 6.07) is 18.5. The number of carbonyl (C=O) groups is 2. The Balaban J connectivity index is 1.59. The van der Waals surface area contributed by atoms with E-state index in [1.54, 1.807) is 23.4 Å². The van der Waals surface area contributed by atoms with Crippen LogP contribution in [0.3, 0.4) is 0 Å². The van der Waals surface area contributed by atoms with Crippen LogP contribution in [0, 0.1) is 6.92 Å². The van der Waals surface area contributed by atoms with Crippen molar-refractivity contribution >= 4 is 11.8 Å². The number of aryl methyl sites for hydroxylation is 1. The van der Waals surface area contributed by atoms with Crippen LogP contribution in [0.15, 0.2) is 73.1 Å². The summed E-state index contributed by atoms with van der Waals surface area (Å²) in [7, 11) is 0. The lowest BCUT2D eigenvalue weighted by Crippen LogP contribution is -2.38. The minimum absolute atomic E-state index is 0.113. The van der Waals surface area contributed by atoms with E-state index in [0.29, 0.717) is 18.7 Å². The summed E-state index contributed by atoms with van der Waals surface area (Å²) in [5, 5.41) is 2.95. The molecule has 0 saturated heterocycles. The molecule has 5 heteroatoms. The molecule has 0 spiro atoms. The Morgan fingerprint density at radius 1 is 1.04 bits per heavy atom. The molecule has 1 aliphatic rings. The maximum absolute atomic E-state index is 13.1. The second-order valence-corrected chi connectivity index (χ2v) is 6.99. The number of pyridine rings is 1. The van der Waals surface area contributed by atoms with E-state index in [-0.39, 0.29) is 11.8 Å². The highest BCUT2D eigenvalue weighted by molar-refractivity contribution is 6.04. The van der Waals surface area contributed by atoms with Gasteiger partial charge >= 0.3 is 0 Å². The first kappa shape index (κ1) is 17.9. The molecule has 2 aromatic carbocycles. The molecule has 0 saturated carbocycles. The van der Waals surface area contributed by atoms with Crippen LogP contribution in [0.2, 0.25) is 0 Å². The van der Waals surface area contributed by atoms with Gasteiger partial charge in [-0.3, -0.25) is 14.6 Å². The predicted octanol–water partition coefficient (Wildman–Crippen LogP) is 3.40. The number of hydrogen-bond acceptors (Lipinski definition) is 3. The average Bonchev–Trinajstić information content (AvgIpc) is 3.01. The van der Waals surface area contributed by atoms with E-state index >= 15 is 0 Å². The third-order valence-electron chi connectivity index (χ3n) is 4.97. The number of nitrogens with zero attached hydrogens (tertiary/aromatic N) is 2. The molecular formula is C23H21N3O2. The molecule has 1 N–H and O–H groups in total. The molecule has 1 aromatic heterocycles. The maximum Gasteiger partial charge on any atom is 0.255 e. The molecule has 0 bridgehead atoms. The number of rotatable bonds is 5. The fraction of sp³-hybridized carbons (Fsp3) is 0.174. The molecule has 0 radical (unpaired) electrons. The highest BCUT2D eigenvalue weighted by atomic mass is 16.2. The standard InChI is InChI=1S/C23H21N3O2/c1-16-8-10-17(11-9-16)15-26-21(19-6-2-3-7-20(19)23(26)28)22(27)25-14-18-5-4-12-24-13-18/h2-13,21H,14-15H2,1H3,(H,25,27)/t21-/m1/s1. The van der Waals surface area contributed by atoms with E-state index in [4.69, 9.17) is 0 Å². The smallest absolute Gasteiger partial charge is 0.255 e. The van der Waals surface area contributed by atoms with Gasteiger partial charge in [-0.2, -0.15) is 0 Å². The molecule has 3 aromatic rings. The van der Waals surface area contributed by atoms with E-state index in [1.165, 1.54) is 0 Å². The number of nitrogens with one attached hydrogen (secondary N) is 1. The van der Waals surface area contributed by atoms with E-state index in [0.717, 1.165) is 22.3 Å². The molecule has 1 aliphatic heterocycles. The van der Waals surface area contributed by atoms with Crippen LogP contribution in [-0.4, -0.2) is 21.7 Å². The van der Waals surface area contributed by atoms with E-state index in [1.807, 2.05) is 61.5 Å². The number of amides is 2. The van der Waals surface area contributed by atoms with Crippen LogP contribution in [0.4, 0.5) is 0 Å². The zero-order valence-electron chi connectivity index (χ0n) is 15.6. The van der Waals surface area contributed by atoms with Gasteiger partial charge in [-0.1, -0.05) is 54.1 Å². The van der Waals surface area contributed by atoms with Crippen LogP contribution >= 0.6 is 0 Å². The topological polar surface area (TPSA) is 62.3 Å². The van der Waals surface area contributed by atoms with Crippen molar-refractivity contribution in [1.29, 1.82) is 0 Å². The zero-order chi connectivity index (χ0) is 19.5. The summed E-state index contributed by atoms with van der Waals surface area (Å²) in [4.78, 5) is 31.8. The SMILES string of the molecule is Cc1ccc(CN2C(=O)c3ccccc3[C@@H]2C(=O)NCc2cccnc2)cc1. The Hall–Kier alpha value is -3.47. The van der Waals surface area contributed by atoms with Crippen molar-refractivity contribution in [1.82, 2.24) is 15.2 Å². The Morgan fingerprint density at radius 2 is 1.82 bits per heavy atom. The predicted molar refractivity (Wildman–Crippen MR) is 106 cm³/mol. The molecule has 140 valence electrons. The highest BCUT2D eigenvalue weighted by Crippen LogP contribution is 2.35. The largest absolute Gasteiger partial charge is 0.350 e. The van der Waals surface area contributed by atoms with Crippen molar-refractivity contribution in [2.45, 2.75) is 26.1 Å². The van der Waals surface area contributed by atoms with Crippen molar-refractivity contribution in [3.63, 3.8) is 0 Å². The quantitative estimate of drug-likeness (QED) is 0.748. The monoisotopic (exact) mass is 371 g/mol. The Kier molecular flexibility index (Phi) is 4.89. The van der Waals surface area contributed by atoms with Gasteiger partial charge < -0.3 is 10.2 Å². The van der Waals surface area contributed by atoms with Gasteiger partial charge in [0.1, 0.15) is 6.04 Å². The first-order chi connectivity index (χ1) is 13.6. The van der Waals surface area contributed by atoms with Crippen molar-refractivity contribution < 1.29 is 9.59 Å². The summed E-state index contributed by atoms with van der Waals surface area (Å²) < 4.78 is 0. The van der Waals surface area contributed by atoms with Gasteiger partial charge in [-0.15, -0.1) is 0 Å². The number of hydrogen-bond donors (Lipinski definition) is 1. The first-order valence-electron chi connectivity index (χ1n) is 9.25. The van der Waals surface area contributed by atoms with Crippen LogP contribution in [0.1, 0.15) is 38.7 Å². The minimum Gasteiger partial charge on any atom is -0.350 e. The molecule has 2 heterocycles. The third kappa shape index (κ3) is 3.51. The zero-order valence-corrected chi connectivity index (χ0v) is 15.6. The summed E-state index contributed by atoms with van der Waals surface area (Å²) in [6.07, 6.45) is 3.42. The fourth-order valence-corrected chi connectivity index (χ4v) is 3.49. The van der Waals surface area contributed by atoms with Gasteiger partial charge in [0.25, 0.3) is 5.91 Å². The van der Waals surface area contributed by atoms with Crippen molar-refractivity contribution in [2.75, 3.05) is 0 Å². The van der Waals surface area contributed by atoms with Crippen molar-refractivity contribution in [2.24, 2.45) is 0 Å². The fourth-order valence-electron chi connectivity index (χ4n) is 3.49. The van der Waals surface area contributed by atoms with Gasteiger partial charge in [0.15, 0.2) is 0 Å². The van der Waals surface area contributed by atoms with Gasteiger partial charge in [-0.25, -0.2) is 0 Å². The minimum atomic E-state index is -0.637. The molecule has 28 heavy (non-hydrogen) atoms. The lowest BCUT2D eigenvalue weighted by atomic mass is 10.0. The van der Waals surface area contributed by atoms with E-state index in [2.05, 4.69) is 10.3 Å². The summed E-state index contributed by atoms with van der Waals surface area (Å²) in [6.45, 7) is 2.78. The second-order valence-electron chi connectivity index (χ2n) is 6.99. The molecule has 0 unspecified atom stereocenters. The summed E-state index contributed by atoms with van der Waals surface area (Å²) in [5.41, 5.74) is 4.42. The molecule has 5 nitrogen and oxygen atoms in total. The Labute approximate surface area is 164 Å². The van der Waals surface area contributed by atoms with Crippen molar-refractivity contribution in [3.05, 3.63) is 101 Å². The second kappa shape index (κ2) is 7.64.